The molecule has 0 bridgehead atoms. The highest BCUT2D eigenvalue weighted by atomic mass is 16.3. The van der Waals surface area contributed by atoms with Crippen LogP contribution in [0.3, 0.4) is 0 Å². The highest BCUT2D eigenvalue weighted by Gasteiger charge is 2.09. The fourth-order valence-corrected chi connectivity index (χ4v) is 1.42. The second-order valence-corrected chi connectivity index (χ2v) is 4.02. The molecule has 1 aromatic rings. The summed E-state index contributed by atoms with van der Waals surface area (Å²) in [6.45, 7) is 3.28. The van der Waals surface area contributed by atoms with Crippen molar-refractivity contribution in [2.75, 3.05) is 11.9 Å². The molecule has 5 heteroatoms. The minimum Gasteiger partial charge on any atom is -0.394 e. The van der Waals surface area contributed by atoms with E-state index in [-0.39, 0.29) is 24.5 Å². The summed E-state index contributed by atoms with van der Waals surface area (Å²) in [4.78, 5) is 22.6. The van der Waals surface area contributed by atoms with Crippen LogP contribution in [0.5, 0.6) is 0 Å². The Morgan fingerprint density at radius 3 is 2.33 bits per heavy atom. The Hall–Kier alpha value is -1.88. The van der Waals surface area contributed by atoms with Gasteiger partial charge in [0, 0.05) is 11.3 Å². The number of rotatable bonds is 5. The van der Waals surface area contributed by atoms with Gasteiger partial charge in [0.2, 0.25) is 0 Å². The van der Waals surface area contributed by atoms with Crippen molar-refractivity contribution in [2.45, 2.75) is 26.3 Å². The summed E-state index contributed by atoms with van der Waals surface area (Å²) in [6, 6.07) is 6.02. The van der Waals surface area contributed by atoms with Gasteiger partial charge in [0.05, 0.1) is 12.6 Å². The summed E-state index contributed by atoms with van der Waals surface area (Å²) in [6.07, 6.45) is 0.660. The molecule has 0 spiro atoms. The van der Waals surface area contributed by atoms with Gasteiger partial charge in [-0.15, -0.1) is 0 Å². The van der Waals surface area contributed by atoms with E-state index in [1.54, 1.807) is 24.3 Å². The highest BCUT2D eigenvalue weighted by molar-refractivity contribution is 5.95. The number of urea groups is 1. The van der Waals surface area contributed by atoms with Crippen LogP contribution in [0.1, 0.15) is 30.6 Å². The van der Waals surface area contributed by atoms with Crippen LogP contribution >= 0.6 is 0 Å². The SMILES string of the molecule is CC[C@H](CO)NC(=O)Nc1ccc(C(C)=O)cc1. The van der Waals surface area contributed by atoms with Gasteiger partial charge in [-0.05, 0) is 37.6 Å². The Morgan fingerprint density at radius 1 is 1.28 bits per heavy atom. The molecule has 1 rings (SSSR count). The fraction of sp³-hybridized carbons (Fsp3) is 0.385. The molecule has 0 saturated carbocycles. The molecule has 18 heavy (non-hydrogen) atoms. The maximum atomic E-state index is 11.6. The van der Waals surface area contributed by atoms with Gasteiger partial charge in [0.15, 0.2) is 5.78 Å². The average Bonchev–Trinajstić information content (AvgIpc) is 2.36. The van der Waals surface area contributed by atoms with Crippen molar-refractivity contribution in [3.8, 4) is 0 Å². The van der Waals surface area contributed by atoms with Gasteiger partial charge >= 0.3 is 6.03 Å². The minimum absolute atomic E-state index is 0.0164. The molecule has 98 valence electrons. The van der Waals surface area contributed by atoms with Crippen molar-refractivity contribution in [3.05, 3.63) is 29.8 Å². The Balaban J connectivity index is 2.56. The van der Waals surface area contributed by atoms with Gasteiger partial charge in [-0.25, -0.2) is 4.79 Å². The van der Waals surface area contributed by atoms with Crippen LogP contribution in [-0.2, 0) is 0 Å². The van der Waals surface area contributed by atoms with Crippen molar-refractivity contribution in [1.29, 1.82) is 0 Å². The zero-order valence-electron chi connectivity index (χ0n) is 10.6. The van der Waals surface area contributed by atoms with E-state index < -0.39 is 0 Å². The molecule has 0 aliphatic carbocycles. The minimum atomic E-state index is -0.369. The Morgan fingerprint density at radius 2 is 1.89 bits per heavy atom. The van der Waals surface area contributed by atoms with Crippen LogP contribution in [-0.4, -0.2) is 29.6 Å². The van der Waals surface area contributed by atoms with E-state index in [1.165, 1.54) is 6.92 Å². The molecule has 0 heterocycles. The van der Waals surface area contributed by atoms with E-state index in [4.69, 9.17) is 5.11 Å². The molecule has 0 aliphatic rings. The van der Waals surface area contributed by atoms with Gasteiger partial charge in [0.25, 0.3) is 0 Å². The van der Waals surface area contributed by atoms with Crippen molar-refractivity contribution >= 4 is 17.5 Å². The number of aliphatic hydroxyl groups is 1. The summed E-state index contributed by atoms with van der Waals surface area (Å²) < 4.78 is 0. The van der Waals surface area contributed by atoms with Crippen LogP contribution in [0.4, 0.5) is 10.5 Å². The zero-order valence-corrected chi connectivity index (χ0v) is 10.6. The standard InChI is InChI=1S/C13H18N2O3/c1-3-11(8-16)14-13(18)15-12-6-4-10(5-7-12)9(2)17/h4-7,11,16H,3,8H2,1-2H3,(H2,14,15,18)/t11-/m1/s1. The second-order valence-electron chi connectivity index (χ2n) is 4.02. The summed E-state index contributed by atoms with van der Waals surface area (Å²) in [7, 11) is 0. The molecule has 1 atom stereocenters. The number of hydrogen-bond donors (Lipinski definition) is 3. The van der Waals surface area contributed by atoms with Gasteiger partial charge in [0.1, 0.15) is 0 Å². The van der Waals surface area contributed by atoms with E-state index in [0.717, 1.165) is 0 Å². The summed E-state index contributed by atoms with van der Waals surface area (Å²) in [5.74, 6) is -0.0164. The van der Waals surface area contributed by atoms with Gasteiger partial charge in [-0.3, -0.25) is 4.79 Å². The molecular formula is C13H18N2O3. The van der Waals surface area contributed by atoms with E-state index in [2.05, 4.69) is 10.6 Å². The Labute approximate surface area is 106 Å². The number of benzene rings is 1. The van der Waals surface area contributed by atoms with Gasteiger partial charge in [-0.2, -0.15) is 0 Å². The molecule has 1 aromatic carbocycles. The van der Waals surface area contributed by atoms with E-state index in [0.29, 0.717) is 17.7 Å². The Kier molecular flexibility index (Phi) is 5.32. The third-order valence-electron chi connectivity index (χ3n) is 2.60. The van der Waals surface area contributed by atoms with Crippen molar-refractivity contribution in [2.24, 2.45) is 0 Å². The maximum absolute atomic E-state index is 11.6. The largest absolute Gasteiger partial charge is 0.394 e. The van der Waals surface area contributed by atoms with Crippen molar-refractivity contribution in [1.82, 2.24) is 5.32 Å². The number of nitrogens with one attached hydrogen (secondary N) is 2. The van der Waals surface area contributed by atoms with E-state index >= 15 is 0 Å². The van der Waals surface area contributed by atoms with Gasteiger partial charge < -0.3 is 15.7 Å². The number of hydrogen-bond acceptors (Lipinski definition) is 3. The lowest BCUT2D eigenvalue weighted by Crippen LogP contribution is -2.39. The van der Waals surface area contributed by atoms with Crippen LogP contribution in [0.2, 0.25) is 0 Å². The molecule has 0 aromatic heterocycles. The zero-order chi connectivity index (χ0) is 13.5. The topological polar surface area (TPSA) is 78.4 Å². The quantitative estimate of drug-likeness (QED) is 0.697. The lowest BCUT2D eigenvalue weighted by atomic mass is 10.1. The van der Waals surface area contributed by atoms with Crippen molar-refractivity contribution in [3.63, 3.8) is 0 Å². The number of carbonyl (C=O) groups is 2. The van der Waals surface area contributed by atoms with Crippen LogP contribution < -0.4 is 10.6 Å². The third-order valence-corrected chi connectivity index (χ3v) is 2.60. The summed E-state index contributed by atoms with van der Waals surface area (Å²) in [5.41, 5.74) is 1.20. The number of amides is 2. The third kappa shape index (κ3) is 4.18. The summed E-state index contributed by atoms with van der Waals surface area (Å²) >= 11 is 0. The van der Waals surface area contributed by atoms with E-state index in [1.807, 2.05) is 6.92 Å². The normalized spacial score (nSPS) is 11.7. The molecule has 5 nitrogen and oxygen atoms in total. The molecule has 0 unspecified atom stereocenters. The first-order valence-electron chi connectivity index (χ1n) is 5.86. The lowest BCUT2D eigenvalue weighted by molar-refractivity contribution is 0.101. The number of ketones is 1. The first-order chi connectivity index (χ1) is 8.56. The lowest BCUT2D eigenvalue weighted by Gasteiger charge is -2.14. The molecule has 0 radical (unpaired) electrons. The van der Waals surface area contributed by atoms with Gasteiger partial charge in [-0.1, -0.05) is 6.92 Å². The number of Topliss-reactive ketones (excluding diaryl/α,β-unsaturated/α-hetero) is 1. The Bertz CT molecular complexity index is 411. The van der Waals surface area contributed by atoms with Crippen LogP contribution in [0.25, 0.3) is 0 Å². The molecule has 0 saturated heterocycles. The molecule has 0 aliphatic heterocycles. The number of carbonyl (C=O) groups excluding carboxylic acids is 2. The van der Waals surface area contributed by atoms with Crippen LogP contribution in [0, 0.1) is 0 Å². The highest BCUT2D eigenvalue weighted by Crippen LogP contribution is 2.09. The van der Waals surface area contributed by atoms with Crippen molar-refractivity contribution < 1.29 is 14.7 Å². The van der Waals surface area contributed by atoms with E-state index in [9.17, 15) is 9.59 Å². The molecular weight excluding hydrogens is 232 g/mol. The second kappa shape index (κ2) is 6.76. The number of aliphatic hydroxyl groups excluding tert-OH is 1. The summed E-state index contributed by atoms with van der Waals surface area (Å²) in [5, 5.41) is 14.2. The van der Waals surface area contributed by atoms with Crippen LogP contribution in [0.15, 0.2) is 24.3 Å². The molecule has 3 N–H and O–H groups in total. The first-order valence-corrected chi connectivity index (χ1v) is 5.86. The molecule has 2 amide bonds. The fourth-order valence-electron chi connectivity index (χ4n) is 1.42. The first kappa shape index (κ1) is 14.2. The monoisotopic (exact) mass is 250 g/mol. The number of anilines is 1. The predicted octanol–water partition coefficient (Wildman–Crippen LogP) is 1.78. The maximum Gasteiger partial charge on any atom is 0.319 e. The smallest absolute Gasteiger partial charge is 0.319 e. The molecule has 0 fully saturated rings. The predicted molar refractivity (Wildman–Crippen MR) is 69.8 cm³/mol. The average molecular weight is 250 g/mol.